The molecule has 0 bridgehead atoms. The van der Waals surface area contributed by atoms with E-state index < -0.39 is 0 Å². The van der Waals surface area contributed by atoms with Gasteiger partial charge in [0.05, 0.1) is 17.6 Å². The van der Waals surface area contributed by atoms with Crippen LogP contribution in [0.25, 0.3) is 11.0 Å². The van der Waals surface area contributed by atoms with Gasteiger partial charge in [-0.05, 0) is 37.1 Å². The van der Waals surface area contributed by atoms with Gasteiger partial charge in [-0.15, -0.1) is 0 Å². The van der Waals surface area contributed by atoms with Crippen molar-refractivity contribution in [2.75, 3.05) is 13.2 Å². The Morgan fingerprint density at radius 2 is 1.89 bits per heavy atom. The lowest BCUT2D eigenvalue weighted by molar-refractivity contribution is -0.121. The van der Waals surface area contributed by atoms with E-state index in [1.165, 1.54) is 0 Å². The summed E-state index contributed by atoms with van der Waals surface area (Å²) in [6.07, 6.45) is 3.06. The number of ether oxygens (including phenoxy) is 1. The van der Waals surface area contributed by atoms with Crippen molar-refractivity contribution in [3.8, 4) is 5.75 Å². The first-order valence-corrected chi connectivity index (χ1v) is 9.66. The molecule has 0 radical (unpaired) electrons. The maximum atomic E-state index is 11.7. The molecular weight excluding hydrogens is 338 g/mol. The highest BCUT2D eigenvalue weighted by Crippen LogP contribution is 2.17. The van der Waals surface area contributed by atoms with Gasteiger partial charge in [0.1, 0.15) is 11.6 Å². The highest BCUT2D eigenvalue weighted by Gasteiger charge is 2.10. The summed E-state index contributed by atoms with van der Waals surface area (Å²) in [5, 5.41) is 2.98. The minimum Gasteiger partial charge on any atom is -0.494 e. The molecule has 1 aromatic heterocycles. The molecule has 3 aromatic rings. The summed E-state index contributed by atoms with van der Waals surface area (Å²) in [6.45, 7) is 4.12. The van der Waals surface area contributed by atoms with E-state index in [0.717, 1.165) is 48.4 Å². The number of amides is 1. The minimum atomic E-state index is 0.108. The number of rotatable bonds is 10. The maximum absolute atomic E-state index is 11.7. The molecular formula is C22H27N3O2. The van der Waals surface area contributed by atoms with E-state index in [9.17, 15) is 4.79 Å². The number of aryl methyl sites for hydroxylation is 1. The Balaban J connectivity index is 1.60. The van der Waals surface area contributed by atoms with Gasteiger partial charge in [0.25, 0.3) is 0 Å². The van der Waals surface area contributed by atoms with Crippen molar-refractivity contribution in [1.29, 1.82) is 0 Å². The fraction of sp³-hybridized carbons (Fsp3) is 0.364. The van der Waals surface area contributed by atoms with Crippen LogP contribution in [-0.4, -0.2) is 28.6 Å². The summed E-state index contributed by atoms with van der Waals surface area (Å²) >= 11 is 0. The van der Waals surface area contributed by atoms with Crippen LogP contribution in [-0.2, 0) is 17.8 Å². The Bertz CT molecular complexity index is 858. The molecule has 0 unspecified atom stereocenters. The van der Waals surface area contributed by atoms with E-state index in [1.54, 1.807) is 0 Å². The van der Waals surface area contributed by atoms with Gasteiger partial charge in [-0.1, -0.05) is 37.3 Å². The Hall–Kier alpha value is -2.82. The van der Waals surface area contributed by atoms with Gasteiger partial charge in [-0.2, -0.15) is 0 Å². The third kappa shape index (κ3) is 5.33. The summed E-state index contributed by atoms with van der Waals surface area (Å²) < 4.78 is 8.05. The lowest BCUT2D eigenvalue weighted by Crippen LogP contribution is -2.26. The van der Waals surface area contributed by atoms with Crippen molar-refractivity contribution >= 4 is 16.9 Å². The Labute approximate surface area is 160 Å². The Kier molecular flexibility index (Phi) is 6.85. The number of nitrogens with one attached hydrogen (secondary N) is 1. The van der Waals surface area contributed by atoms with Crippen molar-refractivity contribution in [2.45, 2.75) is 39.2 Å². The van der Waals surface area contributed by atoms with E-state index in [4.69, 9.17) is 9.72 Å². The minimum absolute atomic E-state index is 0.108. The first-order valence-electron chi connectivity index (χ1n) is 9.66. The number of aromatic nitrogens is 2. The summed E-state index contributed by atoms with van der Waals surface area (Å²) in [4.78, 5) is 16.4. The number of benzene rings is 2. The quantitative estimate of drug-likeness (QED) is 0.553. The fourth-order valence-electron chi connectivity index (χ4n) is 3.12. The number of fused-ring (bicyclic) bond motifs is 1. The second-order valence-electron chi connectivity index (χ2n) is 6.53. The average Bonchev–Trinajstić information content (AvgIpc) is 3.04. The molecule has 0 spiro atoms. The first kappa shape index (κ1) is 19.0. The molecule has 0 aliphatic heterocycles. The van der Waals surface area contributed by atoms with Gasteiger partial charge in [0, 0.05) is 25.9 Å². The molecule has 1 amide bonds. The summed E-state index contributed by atoms with van der Waals surface area (Å²) in [7, 11) is 0. The number of nitrogens with zero attached hydrogens (tertiary/aromatic N) is 2. The summed E-state index contributed by atoms with van der Waals surface area (Å²) in [6, 6.07) is 18.0. The van der Waals surface area contributed by atoms with Gasteiger partial charge < -0.3 is 14.6 Å². The zero-order chi connectivity index (χ0) is 18.9. The molecule has 3 rings (SSSR count). The highest BCUT2D eigenvalue weighted by molar-refractivity contribution is 5.76. The second-order valence-corrected chi connectivity index (χ2v) is 6.53. The van der Waals surface area contributed by atoms with Gasteiger partial charge in [0.2, 0.25) is 5.91 Å². The van der Waals surface area contributed by atoms with Gasteiger partial charge in [0.15, 0.2) is 0 Å². The standard InChI is InChI=1S/C22H27N3O2/c1-2-9-22(26)23-15-14-21-24-19-12-6-7-13-20(19)25(21)16-8-17-27-18-10-4-3-5-11-18/h3-7,10-13H,2,8-9,14-17H2,1H3,(H,23,26). The molecule has 0 aliphatic rings. The molecule has 0 atom stereocenters. The molecule has 0 fully saturated rings. The van der Waals surface area contributed by atoms with Crippen molar-refractivity contribution in [3.63, 3.8) is 0 Å². The predicted octanol–water partition coefficient (Wildman–Crippen LogP) is 3.96. The van der Waals surface area contributed by atoms with Crippen molar-refractivity contribution < 1.29 is 9.53 Å². The van der Waals surface area contributed by atoms with Crippen LogP contribution in [0.4, 0.5) is 0 Å². The van der Waals surface area contributed by atoms with E-state index in [2.05, 4.69) is 16.0 Å². The van der Waals surface area contributed by atoms with Crippen LogP contribution < -0.4 is 10.1 Å². The second kappa shape index (κ2) is 9.76. The first-order chi connectivity index (χ1) is 13.3. The van der Waals surface area contributed by atoms with Crippen LogP contribution in [0.5, 0.6) is 5.75 Å². The van der Waals surface area contributed by atoms with Crippen molar-refractivity contribution in [3.05, 3.63) is 60.4 Å². The fourth-order valence-corrected chi connectivity index (χ4v) is 3.12. The van der Waals surface area contributed by atoms with E-state index in [1.807, 2.05) is 55.5 Å². The monoisotopic (exact) mass is 365 g/mol. The molecule has 5 nitrogen and oxygen atoms in total. The molecule has 142 valence electrons. The average molecular weight is 365 g/mol. The highest BCUT2D eigenvalue weighted by atomic mass is 16.5. The topological polar surface area (TPSA) is 56.2 Å². The predicted molar refractivity (Wildman–Crippen MR) is 108 cm³/mol. The van der Waals surface area contributed by atoms with Crippen LogP contribution in [0.3, 0.4) is 0 Å². The van der Waals surface area contributed by atoms with Crippen LogP contribution in [0, 0.1) is 0 Å². The third-order valence-corrected chi connectivity index (χ3v) is 4.42. The molecule has 0 saturated heterocycles. The van der Waals surface area contributed by atoms with Crippen molar-refractivity contribution in [1.82, 2.24) is 14.9 Å². The molecule has 1 heterocycles. The SMILES string of the molecule is CCCC(=O)NCCc1nc2ccccc2n1CCCOc1ccccc1. The van der Waals surface area contributed by atoms with Gasteiger partial charge in [-0.3, -0.25) is 4.79 Å². The molecule has 27 heavy (non-hydrogen) atoms. The summed E-state index contributed by atoms with van der Waals surface area (Å²) in [5.74, 6) is 2.01. The van der Waals surface area contributed by atoms with Crippen LogP contribution >= 0.6 is 0 Å². The zero-order valence-corrected chi connectivity index (χ0v) is 15.9. The lowest BCUT2D eigenvalue weighted by atomic mass is 10.3. The van der Waals surface area contributed by atoms with Crippen LogP contribution in [0.2, 0.25) is 0 Å². The molecule has 5 heteroatoms. The van der Waals surface area contributed by atoms with Gasteiger partial charge >= 0.3 is 0 Å². The van der Waals surface area contributed by atoms with E-state index >= 15 is 0 Å². The molecule has 2 aromatic carbocycles. The van der Waals surface area contributed by atoms with Crippen molar-refractivity contribution in [2.24, 2.45) is 0 Å². The van der Waals surface area contributed by atoms with E-state index in [-0.39, 0.29) is 5.91 Å². The number of carbonyl (C=O) groups excluding carboxylic acids is 1. The number of imidazole rings is 1. The number of para-hydroxylation sites is 3. The third-order valence-electron chi connectivity index (χ3n) is 4.42. The lowest BCUT2D eigenvalue weighted by Gasteiger charge is -2.11. The Morgan fingerprint density at radius 1 is 1.11 bits per heavy atom. The van der Waals surface area contributed by atoms with Crippen LogP contribution in [0.1, 0.15) is 32.0 Å². The smallest absolute Gasteiger partial charge is 0.219 e. The summed E-state index contributed by atoms with van der Waals surface area (Å²) in [5.41, 5.74) is 2.13. The molecule has 1 N–H and O–H groups in total. The number of hydrogen-bond acceptors (Lipinski definition) is 3. The Morgan fingerprint density at radius 3 is 2.70 bits per heavy atom. The zero-order valence-electron chi connectivity index (χ0n) is 15.9. The maximum Gasteiger partial charge on any atom is 0.219 e. The van der Waals surface area contributed by atoms with Gasteiger partial charge in [-0.25, -0.2) is 4.98 Å². The number of hydrogen-bond donors (Lipinski definition) is 1. The number of carbonyl (C=O) groups is 1. The molecule has 0 aliphatic carbocycles. The largest absolute Gasteiger partial charge is 0.494 e. The van der Waals surface area contributed by atoms with E-state index in [0.29, 0.717) is 19.6 Å². The normalized spacial score (nSPS) is 10.9. The molecule has 0 saturated carbocycles. The van der Waals surface area contributed by atoms with Crippen LogP contribution in [0.15, 0.2) is 54.6 Å².